The Hall–Kier alpha value is -2.83. The van der Waals surface area contributed by atoms with Crippen LogP contribution < -0.4 is 0 Å². The van der Waals surface area contributed by atoms with E-state index >= 15 is 0 Å². The van der Waals surface area contributed by atoms with Gasteiger partial charge in [-0.2, -0.15) is 5.10 Å². The Bertz CT molecular complexity index is 872. The summed E-state index contributed by atoms with van der Waals surface area (Å²) >= 11 is 0. The fourth-order valence-corrected chi connectivity index (χ4v) is 3.39. The third-order valence-electron chi connectivity index (χ3n) is 4.93. The van der Waals surface area contributed by atoms with Crippen molar-refractivity contribution in [3.63, 3.8) is 0 Å². The standard InChI is InChI=1S/C22H30N4O3/c1-6-19-18(15-23-26(19)17-9-7-16(2)8-10-17)20(27)24-11-13-25(14-12-24)21(28)29-22(3,4)5/h7-10,15H,6,11-14H2,1-5H3. The van der Waals surface area contributed by atoms with Gasteiger partial charge >= 0.3 is 6.09 Å². The van der Waals surface area contributed by atoms with Crippen LogP contribution in [0.3, 0.4) is 0 Å². The molecule has 156 valence electrons. The Morgan fingerprint density at radius 2 is 1.62 bits per heavy atom. The van der Waals surface area contributed by atoms with Crippen molar-refractivity contribution in [3.8, 4) is 5.69 Å². The molecule has 1 aliphatic heterocycles. The molecule has 2 aromatic rings. The number of carbonyl (C=O) groups is 2. The molecular formula is C22H30N4O3. The van der Waals surface area contributed by atoms with Crippen molar-refractivity contribution in [1.82, 2.24) is 19.6 Å². The summed E-state index contributed by atoms with van der Waals surface area (Å²) in [5, 5.41) is 4.47. The van der Waals surface area contributed by atoms with Crippen molar-refractivity contribution in [2.75, 3.05) is 26.2 Å². The van der Waals surface area contributed by atoms with Gasteiger partial charge in [-0.25, -0.2) is 9.48 Å². The Kier molecular flexibility index (Phi) is 5.96. The van der Waals surface area contributed by atoms with Crippen molar-refractivity contribution in [2.45, 2.75) is 46.6 Å². The molecule has 1 fully saturated rings. The maximum Gasteiger partial charge on any atom is 0.410 e. The predicted molar refractivity (Wildman–Crippen MR) is 111 cm³/mol. The van der Waals surface area contributed by atoms with Gasteiger partial charge in [-0.1, -0.05) is 24.6 Å². The molecule has 0 bridgehead atoms. The Morgan fingerprint density at radius 3 is 2.17 bits per heavy atom. The molecule has 2 amide bonds. The van der Waals surface area contributed by atoms with Gasteiger partial charge in [0.25, 0.3) is 5.91 Å². The monoisotopic (exact) mass is 398 g/mol. The van der Waals surface area contributed by atoms with E-state index in [4.69, 9.17) is 4.74 Å². The van der Waals surface area contributed by atoms with Crippen LogP contribution in [-0.2, 0) is 11.2 Å². The molecule has 2 heterocycles. The quantitative estimate of drug-likeness (QED) is 0.794. The molecule has 0 atom stereocenters. The first kappa shape index (κ1) is 20.9. The highest BCUT2D eigenvalue weighted by Gasteiger charge is 2.29. The zero-order valence-electron chi connectivity index (χ0n) is 17.9. The first-order chi connectivity index (χ1) is 13.7. The molecule has 0 spiro atoms. The molecule has 1 aromatic carbocycles. The molecule has 7 heteroatoms. The number of piperazine rings is 1. The van der Waals surface area contributed by atoms with Crippen LogP contribution in [0, 0.1) is 6.92 Å². The van der Waals surface area contributed by atoms with Crippen LogP contribution in [0.2, 0.25) is 0 Å². The van der Waals surface area contributed by atoms with Crippen LogP contribution in [0.15, 0.2) is 30.5 Å². The van der Waals surface area contributed by atoms with E-state index in [1.165, 1.54) is 5.56 Å². The molecule has 1 saturated heterocycles. The molecule has 0 saturated carbocycles. The first-order valence-corrected chi connectivity index (χ1v) is 10.1. The summed E-state index contributed by atoms with van der Waals surface area (Å²) < 4.78 is 7.26. The van der Waals surface area contributed by atoms with Crippen molar-refractivity contribution < 1.29 is 14.3 Å². The number of aryl methyl sites for hydroxylation is 1. The number of hydrogen-bond donors (Lipinski definition) is 0. The lowest BCUT2D eigenvalue weighted by Crippen LogP contribution is -2.51. The fourth-order valence-electron chi connectivity index (χ4n) is 3.39. The van der Waals surface area contributed by atoms with Crippen LogP contribution in [0.25, 0.3) is 5.69 Å². The maximum absolute atomic E-state index is 13.1. The lowest BCUT2D eigenvalue weighted by Gasteiger charge is -2.35. The third kappa shape index (κ3) is 4.78. The smallest absolute Gasteiger partial charge is 0.410 e. The first-order valence-electron chi connectivity index (χ1n) is 10.1. The van der Waals surface area contributed by atoms with Gasteiger partial charge in [0.05, 0.1) is 23.1 Å². The Balaban J connectivity index is 1.70. The van der Waals surface area contributed by atoms with Crippen LogP contribution >= 0.6 is 0 Å². The van der Waals surface area contributed by atoms with E-state index in [-0.39, 0.29) is 12.0 Å². The van der Waals surface area contributed by atoms with Gasteiger partial charge in [0, 0.05) is 26.2 Å². The highest BCUT2D eigenvalue weighted by atomic mass is 16.6. The number of rotatable bonds is 3. The lowest BCUT2D eigenvalue weighted by atomic mass is 10.1. The van der Waals surface area contributed by atoms with E-state index in [2.05, 4.69) is 5.10 Å². The molecule has 29 heavy (non-hydrogen) atoms. The molecule has 1 aromatic heterocycles. The largest absolute Gasteiger partial charge is 0.444 e. The van der Waals surface area contributed by atoms with Crippen molar-refractivity contribution >= 4 is 12.0 Å². The van der Waals surface area contributed by atoms with Crippen LogP contribution in [0.4, 0.5) is 4.79 Å². The minimum atomic E-state index is -0.523. The van der Waals surface area contributed by atoms with E-state index in [0.717, 1.165) is 11.4 Å². The molecule has 0 N–H and O–H groups in total. The summed E-state index contributed by atoms with van der Waals surface area (Å²) in [6.07, 6.45) is 2.03. The summed E-state index contributed by atoms with van der Waals surface area (Å²) in [6.45, 7) is 11.5. The summed E-state index contributed by atoms with van der Waals surface area (Å²) in [5.41, 5.74) is 3.12. The van der Waals surface area contributed by atoms with E-state index in [1.807, 2.05) is 63.6 Å². The highest BCUT2D eigenvalue weighted by Crippen LogP contribution is 2.19. The van der Waals surface area contributed by atoms with Crippen LogP contribution in [-0.4, -0.2) is 63.4 Å². The zero-order valence-corrected chi connectivity index (χ0v) is 17.9. The normalized spacial score (nSPS) is 14.8. The number of aromatic nitrogens is 2. The predicted octanol–water partition coefficient (Wildman–Crippen LogP) is 3.44. The number of benzene rings is 1. The van der Waals surface area contributed by atoms with Gasteiger partial charge in [-0.3, -0.25) is 4.79 Å². The average Bonchev–Trinajstić information content (AvgIpc) is 3.10. The minimum Gasteiger partial charge on any atom is -0.444 e. The fraction of sp³-hybridized carbons (Fsp3) is 0.500. The van der Waals surface area contributed by atoms with Crippen LogP contribution in [0.1, 0.15) is 49.3 Å². The number of hydrogen-bond acceptors (Lipinski definition) is 4. The second-order valence-corrected chi connectivity index (χ2v) is 8.37. The Morgan fingerprint density at radius 1 is 1.03 bits per heavy atom. The van der Waals surface area contributed by atoms with Gasteiger partial charge in [-0.05, 0) is 46.2 Å². The van der Waals surface area contributed by atoms with E-state index in [9.17, 15) is 9.59 Å². The molecule has 3 rings (SSSR count). The highest BCUT2D eigenvalue weighted by molar-refractivity contribution is 5.95. The van der Waals surface area contributed by atoms with E-state index in [1.54, 1.807) is 16.0 Å². The van der Waals surface area contributed by atoms with Crippen LogP contribution in [0.5, 0.6) is 0 Å². The number of carbonyl (C=O) groups excluding carboxylic acids is 2. The van der Waals surface area contributed by atoms with Gasteiger partial charge in [0.2, 0.25) is 0 Å². The molecule has 0 aliphatic carbocycles. The lowest BCUT2D eigenvalue weighted by molar-refractivity contribution is 0.0140. The third-order valence-corrected chi connectivity index (χ3v) is 4.93. The summed E-state index contributed by atoms with van der Waals surface area (Å²) in [4.78, 5) is 28.8. The second kappa shape index (κ2) is 8.27. The molecule has 7 nitrogen and oxygen atoms in total. The van der Waals surface area contributed by atoms with Gasteiger partial charge < -0.3 is 14.5 Å². The van der Waals surface area contributed by atoms with Crippen molar-refractivity contribution in [2.24, 2.45) is 0 Å². The average molecular weight is 399 g/mol. The number of amides is 2. The Labute approximate surface area is 172 Å². The maximum atomic E-state index is 13.1. The zero-order chi connectivity index (χ0) is 21.2. The number of ether oxygens (including phenoxy) is 1. The minimum absolute atomic E-state index is 0.0379. The summed E-state index contributed by atoms with van der Waals surface area (Å²) in [6, 6.07) is 8.09. The molecule has 0 radical (unpaired) electrons. The second-order valence-electron chi connectivity index (χ2n) is 8.37. The number of nitrogens with zero attached hydrogens (tertiary/aromatic N) is 4. The van der Waals surface area contributed by atoms with Crippen molar-refractivity contribution in [3.05, 3.63) is 47.3 Å². The SMILES string of the molecule is CCc1c(C(=O)N2CCN(C(=O)OC(C)(C)C)CC2)cnn1-c1ccc(C)cc1. The molecule has 0 unspecified atom stereocenters. The van der Waals surface area contributed by atoms with E-state index in [0.29, 0.717) is 38.2 Å². The molecular weight excluding hydrogens is 368 g/mol. The van der Waals surface area contributed by atoms with E-state index < -0.39 is 5.60 Å². The van der Waals surface area contributed by atoms with Gasteiger partial charge in [0.15, 0.2) is 0 Å². The van der Waals surface area contributed by atoms with Crippen molar-refractivity contribution in [1.29, 1.82) is 0 Å². The summed E-state index contributed by atoms with van der Waals surface area (Å²) in [5.74, 6) is -0.0379. The van der Waals surface area contributed by atoms with Gasteiger partial charge in [0.1, 0.15) is 5.60 Å². The van der Waals surface area contributed by atoms with Gasteiger partial charge in [-0.15, -0.1) is 0 Å². The summed E-state index contributed by atoms with van der Waals surface area (Å²) in [7, 11) is 0. The molecule has 1 aliphatic rings. The topological polar surface area (TPSA) is 67.7 Å².